The number of benzene rings is 2. The number of aromatic hydroxyl groups is 1. The normalized spacial score (nSPS) is 12.8. The summed E-state index contributed by atoms with van der Waals surface area (Å²) in [5.41, 5.74) is -0.766. The van der Waals surface area contributed by atoms with E-state index >= 15 is 0 Å². The number of phenolic OH excluding ortho intramolecular Hbond substituents is 1. The highest BCUT2D eigenvalue weighted by Crippen LogP contribution is 2.40. The van der Waals surface area contributed by atoms with Crippen LogP contribution in [0, 0.1) is 0 Å². The molecule has 0 aromatic heterocycles. The van der Waals surface area contributed by atoms with Gasteiger partial charge >= 0.3 is 0 Å². The van der Waals surface area contributed by atoms with Gasteiger partial charge in [-0.2, -0.15) is 0 Å². The molecule has 0 saturated heterocycles. The Bertz CT molecular complexity index is 1300. The molecule has 32 heavy (non-hydrogen) atoms. The maximum Gasteiger partial charge on any atom is 0.270 e. The Morgan fingerprint density at radius 3 is 2.31 bits per heavy atom. The van der Waals surface area contributed by atoms with Crippen LogP contribution in [0.5, 0.6) is 5.75 Å². The summed E-state index contributed by atoms with van der Waals surface area (Å²) in [6.07, 6.45) is 0. The largest absolute Gasteiger partial charge is 0.504 e. The quantitative estimate of drug-likeness (QED) is 0.243. The van der Waals surface area contributed by atoms with Gasteiger partial charge in [0.15, 0.2) is 5.75 Å². The van der Waals surface area contributed by atoms with E-state index in [9.17, 15) is 23.1 Å². The fraction of sp³-hybridized carbons (Fsp3) is 0.238. The first kappa shape index (κ1) is 23.7. The van der Waals surface area contributed by atoms with Crippen molar-refractivity contribution < 1.29 is 18.4 Å². The molecule has 3 rings (SSSR count). The summed E-state index contributed by atoms with van der Waals surface area (Å²) < 4.78 is 26.3. The third kappa shape index (κ3) is 4.22. The van der Waals surface area contributed by atoms with Crippen LogP contribution in [0.1, 0.15) is 25.5 Å². The molecule has 0 spiro atoms. The van der Waals surface area contributed by atoms with Gasteiger partial charge in [-0.05, 0) is 31.5 Å². The van der Waals surface area contributed by atoms with Crippen molar-refractivity contribution in [3.05, 3.63) is 73.5 Å². The minimum Gasteiger partial charge on any atom is -0.504 e. The molecule has 0 fully saturated rings. The topological polar surface area (TPSA) is 125 Å². The Labute approximate surface area is 189 Å². The molecule has 0 aliphatic carbocycles. The van der Waals surface area contributed by atoms with Gasteiger partial charge in [0.1, 0.15) is 16.3 Å². The zero-order chi connectivity index (χ0) is 23.6. The minimum absolute atomic E-state index is 0.0319. The number of phenols is 1. The van der Waals surface area contributed by atoms with Crippen molar-refractivity contribution in [1.29, 1.82) is 0 Å². The number of rotatable bonds is 9. The SMILES string of the molecule is CCN(OC)S(=O)(=O)c1c(Cl)ccc(Nc2c(N[C@H](C)c3ccccc3)c(=O)c2=O)c1O. The number of anilines is 3. The molecule has 0 bridgehead atoms. The Morgan fingerprint density at radius 2 is 1.72 bits per heavy atom. The molecule has 0 unspecified atom stereocenters. The van der Waals surface area contributed by atoms with Gasteiger partial charge in [-0.1, -0.05) is 46.4 Å². The molecule has 1 atom stereocenters. The number of sulfonamides is 1. The number of halogens is 1. The highest BCUT2D eigenvalue weighted by molar-refractivity contribution is 7.89. The zero-order valence-electron chi connectivity index (χ0n) is 17.5. The smallest absolute Gasteiger partial charge is 0.270 e. The molecule has 3 aromatic carbocycles. The fourth-order valence-corrected chi connectivity index (χ4v) is 5.07. The average molecular weight is 480 g/mol. The Kier molecular flexibility index (Phi) is 6.89. The maximum atomic E-state index is 12.8. The molecule has 0 saturated carbocycles. The zero-order valence-corrected chi connectivity index (χ0v) is 19.1. The summed E-state index contributed by atoms with van der Waals surface area (Å²) in [6.45, 7) is 3.34. The summed E-state index contributed by atoms with van der Waals surface area (Å²) in [7, 11) is -3.13. The van der Waals surface area contributed by atoms with Gasteiger partial charge in [0.25, 0.3) is 20.9 Å². The summed E-state index contributed by atoms with van der Waals surface area (Å²) in [6, 6.07) is 11.6. The van der Waals surface area contributed by atoms with Crippen LogP contribution in [-0.4, -0.2) is 31.6 Å². The predicted octanol–water partition coefficient (Wildman–Crippen LogP) is 3.13. The van der Waals surface area contributed by atoms with E-state index in [4.69, 9.17) is 16.4 Å². The third-order valence-corrected chi connectivity index (χ3v) is 7.20. The van der Waals surface area contributed by atoms with E-state index in [1.54, 1.807) is 6.92 Å². The molecule has 3 aromatic rings. The van der Waals surface area contributed by atoms with Gasteiger partial charge in [-0.3, -0.25) is 14.4 Å². The average Bonchev–Trinajstić information content (AvgIpc) is 2.78. The van der Waals surface area contributed by atoms with Crippen LogP contribution in [0.15, 0.2) is 56.9 Å². The molecule has 11 heteroatoms. The lowest BCUT2D eigenvalue weighted by Gasteiger charge is -2.22. The van der Waals surface area contributed by atoms with Crippen molar-refractivity contribution in [3.63, 3.8) is 0 Å². The number of hydrogen-bond acceptors (Lipinski definition) is 8. The lowest BCUT2D eigenvalue weighted by Crippen LogP contribution is -2.37. The highest BCUT2D eigenvalue weighted by atomic mass is 35.5. The van der Waals surface area contributed by atoms with E-state index in [0.29, 0.717) is 4.47 Å². The molecule has 0 radical (unpaired) electrons. The molecule has 0 heterocycles. The highest BCUT2D eigenvalue weighted by Gasteiger charge is 2.32. The standard InChI is InChI=1S/C21H22ClN3O6S/c1-4-25(31-3)32(29,30)21-14(22)10-11-15(18(21)26)24-17-16(19(27)20(17)28)23-12(2)13-8-6-5-7-9-13/h5-12,23-24,26H,4H2,1-3H3/t12-/m1/s1. The molecule has 0 amide bonds. The van der Waals surface area contributed by atoms with Crippen molar-refractivity contribution in [2.24, 2.45) is 0 Å². The van der Waals surface area contributed by atoms with Crippen molar-refractivity contribution in [2.45, 2.75) is 24.8 Å². The van der Waals surface area contributed by atoms with Gasteiger partial charge in [0, 0.05) is 12.6 Å². The van der Waals surface area contributed by atoms with Gasteiger partial charge in [-0.25, -0.2) is 8.42 Å². The van der Waals surface area contributed by atoms with E-state index in [1.807, 2.05) is 37.3 Å². The van der Waals surface area contributed by atoms with Crippen LogP contribution in [-0.2, 0) is 14.9 Å². The van der Waals surface area contributed by atoms with Crippen LogP contribution in [0.3, 0.4) is 0 Å². The monoisotopic (exact) mass is 479 g/mol. The van der Waals surface area contributed by atoms with Gasteiger partial charge < -0.3 is 15.7 Å². The van der Waals surface area contributed by atoms with E-state index in [-0.39, 0.29) is 34.7 Å². The molecule has 0 aliphatic rings. The lowest BCUT2D eigenvalue weighted by molar-refractivity contribution is -0.0443. The third-order valence-electron chi connectivity index (χ3n) is 4.90. The maximum absolute atomic E-state index is 12.8. The molecule has 170 valence electrons. The van der Waals surface area contributed by atoms with Gasteiger partial charge in [0.05, 0.1) is 17.8 Å². The van der Waals surface area contributed by atoms with Crippen molar-refractivity contribution in [3.8, 4) is 5.75 Å². The van der Waals surface area contributed by atoms with Gasteiger partial charge in [0.2, 0.25) is 0 Å². The summed E-state index contributed by atoms with van der Waals surface area (Å²) in [5, 5.41) is 16.1. The van der Waals surface area contributed by atoms with Crippen LogP contribution in [0.25, 0.3) is 0 Å². The Hall–Kier alpha value is -2.92. The minimum atomic E-state index is -4.30. The molecular formula is C21H22ClN3O6S. The van der Waals surface area contributed by atoms with Crippen LogP contribution < -0.4 is 21.5 Å². The summed E-state index contributed by atoms with van der Waals surface area (Å²) >= 11 is 6.05. The predicted molar refractivity (Wildman–Crippen MR) is 123 cm³/mol. The summed E-state index contributed by atoms with van der Waals surface area (Å²) in [4.78, 5) is 28.6. The number of nitrogens with zero attached hydrogens (tertiary/aromatic N) is 1. The second-order valence-electron chi connectivity index (χ2n) is 6.89. The Morgan fingerprint density at radius 1 is 1.09 bits per heavy atom. The number of nitrogens with one attached hydrogen (secondary N) is 2. The first-order chi connectivity index (χ1) is 15.1. The van der Waals surface area contributed by atoms with Crippen LogP contribution in [0.4, 0.5) is 17.1 Å². The second-order valence-corrected chi connectivity index (χ2v) is 9.06. The first-order valence-electron chi connectivity index (χ1n) is 9.63. The molecule has 9 nitrogen and oxygen atoms in total. The van der Waals surface area contributed by atoms with E-state index in [1.165, 1.54) is 19.2 Å². The first-order valence-corrected chi connectivity index (χ1v) is 11.4. The molecule has 3 N–H and O–H groups in total. The van der Waals surface area contributed by atoms with Crippen LogP contribution >= 0.6 is 11.6 Å². The molecular weight excluding hydrogens is 458 g/mol. The lowest BCUT2D eigenvalue weighted by atomic mass is 10.1. The van der Waals surface area contributed by atoms with E-state index in [0.717, 1.165) is 5.56 Å². The van der Waals surface area contributed by atoms with Crippen molar-refractivity contribution in [2.75, 3.05) is 24.3 Å². The van der Waals surface area contributed by atoms with Crippen LogP contribution in [0.2, 0.25) is 5.02 Å². The van der Waals surface area contributed by atoms with Gasteiger partial charge in [-0.15, -0.1) is 0 Å². The second kappa shape index (κ2) is 9.29. The molecule has 0 aliphatic heterocycles. The number of hydroxylamine groups is 1. The summed E-state index contributed by atoms with van der Waals surface area (Å²) in [5.74, 6) is -0.705. The Balaban J connectivity index is 1.97. The van der Waals surface area contributed by atoms with Crippen molar-refractivity contribution >= 4 is 38.7 Å². The van der Waals surface area contributed by atoms with Crippen molar-refractivity contribution in [1.82, 2.24) is 4.47 Å². The number of hydrogen-bond donors (Lipinski definition) is 3. The fourth-order valence-electron chi connectivity index (χ4n) is 3.22. The van der Waals surface area contributed by atoms with E-state index in [2.05, 4.69) is 10.6 Å². The van der Waals surface area contributed by atoms with E-state index < -0.39 is 31.5 Å².